The molecule has 2 aliphatic rings. The standard InChI is InChI=1S/C31H28Cl2N4O2/c32-22-9-13-25(26(33)17-22)31(39)34-23-10-7-20(8-11-23)30(38)29-28-14-12-24(19-36-15-3-4-16-36)37(28)18-21-5-1-2-6-27(21)35-29/h1-2,5-14,17,29,35H,3-4,15-16,18-19H2,(H,34,39). The number of aromatic nitrogens is 1. The van der Waals surface area contributed by atoms with Gasteiger partial charge in [-0.3, -0.25) is 14.5 Å². The SMILES string of the molecule is O=C(Nc1ccc(C(=O)C2Nc3ccccc3Cn3c(CN4CCCC4)ccc32)cc1)c1ccc(Cl)cc1Cl. The van der Waals surface area contributed by atoms with Gasteiger partial charge in [0.25, 0.3) is 5.91 Å². The maximum atomic E-state index is 13.9. The van der Waals surface area contributed by atoms with E-state index in [1.807, 2.05) is 18.2 Å². The molecule has 4 aromatic rings. The molecule has 0 aliphatic carbocycles. The quantitative estimate of drug-likeness (QED) is 0.249. The largest absolute Gasteiger partial charge is 0.370 e. The summed E-state index contributed by atoms with van der Waals surface area (Å²) >= 11 is 12.1. The number of halogens is 2. The maximum absolute atomic E-state index is 13.9. The number of hydrogen-bond donors (Lipinski definition) is 2. The predicted octanol–water partition coefficient (Wildman–Crippen LogP) is 7.04. The molecular weight excluding hydrogens is 531 g/mol. The first-order valence-electron chi connectivity index (χ1n) is 13.1. The third-order valence-corrected chi connectivity index (χ3v) is 8.04. The fourth-order valence-electron chi connectivity index (χ4n) is 5.44. The Labute approximate surface area is 237 Å². The van der Waals surface area contributed by atoms with Crippen molar-refractivity contribution in [3.8, 4) is 0 Å². The first-order valence-corrected chi connectivity index (χ1v) is 13.9. The van der Waals surface area contributed by atoms with E-state index in [9.17, 15) is 9.59 Å². The first kappa shape index (κ1) is 25.7. The monoisotopic (exact) mass is 558 g/mol. The number of ketones is 1. The van der Waals surface area contributed by atoms with Crippen LogP contribution in [0.25, 0.3) is 0 Å². The number of carbonyl (C=O) groups excluding carboxylic acids is 2. The Morgan fingerprint density at radius 1 is 0.923 bits per heavy atom. The summed E-state index contributed by atoms with van der Waals surface area (Å²) in [6, 6.07) is 23.6. The summed E-state index contributed by atoms with van der Waals surface area (Å²) in [5.41, 5.74) is 5.76. The van der Waals surface area contributed by atoms with E-state index in [0.29, 0.717) is 21.8 Å². The lowest BCUT2D eigenvalue weighted by Gasteiger charge is -2.20. The van der Waals surface area contributed by atoms with Crippen LogP contribution in [0.5, 0.6) is 0 Å². The molecule has 1 atom stereocenters. The maximum Gasteiger partial charge on any atom is 0.257 e. The number of Topliss-reactive ketones (excluding diaryl/α,β-unsaturated/α-hetero) is 1. The van der Waals surface area contributed by atoms with Gasteiger partial charge in [0, 0.05) is 46.4 Å². The average Bonchev–Trinajstić information content (AvgIpc) is 3.55. The van der Waals surface area contributed by atoms with E-state index in [0.717, 1.165) is 43.1 Å². The van der Waals surface area contributed by atoms with Gasteiger partial charge in [0.1, 0.15) is 6.04 Å². The number of para-hydroxylation sites is 1. The van der Waals surface area contributed by atoms with Crippen LogP contribution in [0.1, 0.15) is 56.6 Å². The Balaban J connectivity index is 1.26. The van der Waals surface area contributed by atoms with Crippen molar-refractivity contribution < 1.29 is 9.59 Å². The van der Waals surface area contributed by atoms with Gasteiger partial charge in [-0.2, -0.15) is 0 Å². The number of nitrogens with zero attached hydrogens (tertiary/aromatic N) is 2. The summed E-state index contributed by atoms with van der Waals surface area (Å²) in [7, 11) is 0. The average molecular weight is 559 g/mol. The smallest absolute Gasteiger partial charge is 0.257 e. The minimum absolute atomic E-state index is 0.0302. The third kappa shape index (κ3) is 5.33. The van der Waals surface area contributed by atoms with Gasteiger partial charge >= 0.3 is 0 Å². The minimum Gasteiger partial charge on any atom is -0.370 e. The molecule has 1 unspecified atom stereocenters. The molecule has 6 rings (SSSR count). The van der Waals surface area contributed by atoms with E-state index in [1.165, 1.54) is 24.6 Å². The van der Waals surface area contributed by atoms with Crippen molar-refractivity contribution >= 4 is 46.3 Å². The highest BCUT2D eigenvalue weighted by Gasteiger charge is 2.30. The molecule has 0 spiro atoms. The molecule has 0 bridgehead atoms. The molecular formula is C31H28Cl2N4O2. The lowest BCUT2D eigenvalue weighted by molar-refractivity contribution is 0.0966. The molecule has 2 N–H and O–H groups in total. The Morgan fingerprint density at radius 3 is 2.46 bits per heavy atom. The summed E-state index contributed by atoms with van der Waals surface area (Å²) in [6.07, 6.45) is 2.48. The van der Waals surface area contributed by atoms with Crippen LogP contribution in [0.3, 0.4) is 0 Å². The molecule has 1 aromatic heterocycles. The zero-order valence-electron chi connectivity index (χ0n) is 21.3. The molecule has 8 heteroatoms. The van der Waals surface area contributed by atoms with Crippen LogP contribution in [0.15, 0.2) is 78.9 Å². The predicted molar refractivity (Wildman–Crippen MR) is 156 cm³/mol. The van der Waals surface area contributed by atoms with E-state index in [1.54, 1.807) is 36.4 Å². The number of anilines is 2. The zero-order valence-corrected chi connectivity index (χ0v) is 22.8. The highest BCUT2D eigenvalue weighted by atomic mass is 35.5. The second-order valence-corrected chi connectivity index (χ2v) is 10.9. The van der Waals surface area contributed by atoms with Gasteiger partial charge in [0.05, 0.1) is 10.6 Å². The Bertz CT molecular complexity index is 1540. The van der Waals surface area contributed by atoms with Crippen molar-refractivity contribution in [3.05, 3.63) is 117 Å². The van der Waals surface area contributed by atoms with Crippen molar-refractivity contribution in [2.24, 2.45) is 0 Å². The van der Waals surface area contributed by atoms with Crippen LogP contribution in [0, 0.1) is 0 Å². The van der Waals surface area contributed by atoms with Gasteiger partial charge in [-0.15, -0.1) is 0 Å². The Kier molecular flexibility index (Phi) is 7.17. The van der Waals surface area contributed by atoms with Crippen molar-refractivity contribution in [3.63, 3.8) is 0 Å². The number of hydrogen-bond acceptors (Lipinski definition) is 4. The van der Waals surface area contributed by atoms with E-state index in [4.69, 9.17) is 23.2 Å². The van der Waals surface area contributed by atoms with Crippen molar-refractivity contribution in [2.45, 2.75) is 32.0 Å². The van der Waals surface area contributed by atoms with Crippen LogP contribution in [-0.4, -0.2) is 34.2 Å². The lowest BCUT2D eigenvalue weighted by atomic mass is 10.0. The van der Waals surface area contributed by atoms with Crippen LogP contribution in [0.4, 0.5) is 11.4 Å². The molecule has 6 nitrogen and oxygen atoms in total. The third-order valence-electron chi connectivity index (χ3n) is 7.50. The van der Waals surface area contributed by atoms with Gasteiger partial charge in [-0.05, 0) is 92.2 Å². The second-order valence-electron chi connectivity index (χ2n) is 10.1. The summed E-state index contributed by atoms with van der Waals surface area (Å²) < 4.78 is 2.30. The van der Waals surface area contributed by atoms with Crippen molar-refractivity contribution in [1.29, 1.82) is 0 Å². The zero-order chi connectivity index (χ0) is 26.9. The summed E-state index contributed by atoms with van der Waals surface area (Å²) in [4.78, 5) is 29.1. The molecule has 0 saturated carbocycles. The van der Waals surface area contributed by atoms with Crippen LogP contribution >= 0.6 is 23.2 Å². The highest BCUT2D eigenvalue weighted by molar-refractivity contribution is 6.37. The van der Waals surface area contributed by atoms with E-state index >= 15 is 0 Å². The van der Waals surface area contributed by atoms with Crippen molar-refractivity contribution in [2.75, 3.05) is 23.7 Å². The second kappa shape index (κ2) is 10.9. The molecule has 0 radical (unpaired) electrons. The highest BCUT2D eigenvalue weighted by Crippen LogP contribution is 2.33. The van der Waals surface area contributed by atoms with E-state index in [2.05, 4.69) is 38.3 Å². The lowest BCUT2D eigenvalue weighted by Crippen LogP contribution is -2.24. The molecule has 198 valence electrons. The van der Waals surface area contributed by atoms with E-state index in [-0.39, 0.29) is 16.7 Å². The normalized spacial score (nSPS) is 16.6. The number of rotatable bonds is 6. The van der Waals surface area contributed by atoms with Gasteiger partial charge in [-0.1, -0.05) is 41.4 Å². The number of benzene rings is 3. The molecule has 39 heavy (non-hydrogen) atoms. The summed E-state index contributed by atoms with van der Waals surface area (Å²) in [5.74, 6) is -0.376. The topological polar surface area (TPSA) is 66.4 Å². The molecule has 1 saturated heterocycles. The molecule has 1 amide bonds. The molecule has 3 heterocycles. The van der Waals surface area contributed by atoms with Gasteiger partial charge in [-0.25, -0.2) is 0 Å². The van der Waals surface area contributed by atoms with Crippen LogP contribution in [0.2, 0.25) is 10.0 Å². The van der Waals surface area contributed by atoms with Gasteiger partial charge in [0.2, 0.25) is 0 Å². The summed E-state index contributed by atoms with van der Waals surface area (Å²) in [5, 5.41) is 7.10. The number of likely N-dealkylation sites (tertiary alicyclic amines) is 1. The fraction of sp³-hybridized carbons (Fsp3) is 0.226. The molecule has 2 aliphatic heterocycles. The van der Waals surface area contributed by atoms with Gasteiger partial charge < -0.3 is 15.2 Å². The van der Waals surface area contributed by atoms with Crippen LogP contribution in [-0.2, 0) is 13.1 Å². The van der Waals surface area contributed by atoms with Crippen LogP contribution < -0.4 is 10.6 Å². The number of nitrogens with one attached hydrogen (secondary N) is 2. The molecule has 1 fully saturated rings. The molecule has 3 aromatic carbocycles. The fourth-order valence-corrected chi connectivity index (χ4v) is 5.93. The number of carbonyl (C=O) groups is 2. The van der Waals surface area contributed by atoms with Crippen molar-refractivity contribution in [1.82, 2.24) is 9.47 Å². The first-order chi connectivity index (χ1) is 19.0. The minimum atomic E-state index is -0.533. The number of fused-ring (bicyclic) bond motifs is 2. The van der Waals surface area contributed by atoms with E-state index < -0.39 is 6.04 Å². The number of amides is 1. The van der Waals surface area contributed by atoms with Gasteiger partial charge in [0.15, 0.2) is 5.78 Å². The Morgan fingerprint density at radius 2 is 1.69 bits per heavy atom. The Hall–Kier alpha value is -3.58. The summed E-state index contributed by atoms with van der Waals surface area (Å²) in [6.45, 7) is 3.83.